The van der Waals surface area contributed by atoms with Crippen molar-refractivity contribution in [1.29, 1.82) is 0 Å². The lowest BCUT2D eigenvalue weighted by Gasteiger charge is -2.58. The van der Waals surface area contributed by atoms with E-state index in [9.17, 15) is 26.5 Å². The van der Waals surface area contributed by atoms with E-state index < -0.39 is 26.9 Å². The van der Waals surface area contributed by atoms with Gasteiger partial charge in [-0.1, -0.05) is 18.2 Å². The summed E-state index contributed by atoms with van der Waals surface area (Å²) in [5, 5.41) is -5.07. The molecule has 0 saturated heterocycles. The third-order valence-electron chi connectivity index (χ3n) is 6.01. The molecule has 27 heavy (non-hydrogen) atoms. The van der Waals surface area contributed by atoms with Crippen molar-refractivity contribution in [3.8, 4) is 5.75 Å². The van der Waals surface area contributed by atoms with E-state index in [1.807, 2.05) is 30.3 Å². The van der Waals surface area contributed by atoms with Crippen molar-refractivity contribution in [2.75, 3.05) is 0 Å². The topological polar surface area (TPSA) is 92.7 Å². The van der Waals surface area contributed by atoms with E-state index in [1.54, 1.807) is 0 Å². The predicted molar refractivity (Wildman–Crippen MR) is 87.9 cm³/mol. The van der Waals surface area contributed by atoms with Crippen LogP contribution in [-0.4, -0.2) is 35.9 Å². The molecule has 0 aliphatic heterocycles. The van der Waals surface area contributed by atoms with E-state index in [0.717, 1.165) is 18.6 Å². The first-order valence-corrected chi connectivity index (χ1v) is 10.3. The summed E-state index contributed by atoms with van der Waals surface area (Å²) >= 11 is 0. The second-order valence-corrected chi connectivity index (χ2v) is 9.33. The highest BCUT2D eigenvalue weighted by atomic mass is 32.2. The number of para-hydroxylation sites is 1. The molecule has 0 amide bonds. The maximum atomic E-state index is 13.6. The molecule has 0 heterocycles. The van der Waals surface area contributed by atoms with Gasteiger partial charge in [0.1, 0.15) is 17.5 Å². The van der Waals surface area contributed by atoms with Gasteiger partial charge in [0.05, 0.1) is 0 Å². The average Bonchev–Trinajstić information content (AvgIpc) is 2.57. The zero-order valence-electron chi connectivity index (χ0n) is 14.3. The number of carbonyl (C=O) groups excluding carboxylic acids is 1. The molecular weight excluding hydrogens is 382 g/mol. The summed E-state index contributed by atoms with van der Waals surface area (Å²) in [6, 6.07) is 9.30. The molecule has 1 aromatic rings. The maximum absolute atomic E-state index is 13.6. The molecule has 148 valence electrons. The summed E-state index contributed by atoms with van der Waals surface area (Å²) in [6.45, 7) is 0. The van der Waals surface area contributed by atoms with Gasteiger partial charge in [0.15, 0.2) is 10.1 Å². The van der Waals surface area contributed by atoms with Gasteiger partial charge in [-0.25, -0.2) is 13.2 Å². The zero-order valence-corrected chi connectivity index (χ0v) is 15.2. The number of hydrogen-bond donors (Lipinski definition) is 0. The molecule has 0 N–H and O–H groups in total. The summed E-state index contributed by atoms with van der Waals surface area (Å²) < 4.78 is 70.4. The zero-order chi connectivity index (χ0) is 19.4. The molecule has 1 aromatic carbocycles. The van der Waals surface area contributed by atoms with Crippen LogP contribution >= 0.6 is 0 Å². The highest BCUT2D eigenvalue weighted by Crippen LogP contribution is 2.58. The van der Waals surface area contributed by atoms with E-state index in [-0.39, 0.29) is 23.9 Å². The monoisotopic (exact) mass is 401 g/mol. The van der Waals surface area contributed by atoms with Crippen LogP contribution in [0, 0.1) is 17.8 Å². The molecule has 2 unspecified atom stereocenters. The van der Waals surface area contributed by atoms with Crippen molar-refractivity contribution in [3.05, 3.63) is 30.3 Å². The van der Waals surface area contributed by atoms with Gasteiger partial charge in [-0.3, -0.25) is 0 Å². The van der Waals surface area contributed by atoms with E-state index >= 15 is 0 Å². The minimum atomic E-state index is -6.12. The van der Waals surface area contributed by atoms with Gasteiger partial charge in [0.25, 0.3) is 0 Å². The standard InChI is InChI=1S/C18H20F2O6S/c19-18(20,27(22,23)24)16(21)26-17-8-11-6-12(9-17)15(13(7-11)10-17)25-14-4-2-1-3-5-14/h1-5,11-13,15H,6-10H2,(H,22,23,24)/p-1. The summed E-state index contributed by atoms with van der Waals surface area (Å²) in [6.07, 6.45) is 2.68. The fourth-order valence-corrected chi connectivity index (χ4v) is 5.48. The van der Waals surface area contributed by atoms with Crippen LogP contribution in [0.4, 0.5) is 8.78 Å². The average molecular weight is 401 g/mol. The quantitative estimate of drug-likeness (QED) is 0.556. The first-order chi connectivity index (χ1) is 12.6. The number of esters is 1. The number of rotatable bonds is 5. The smallest absolute Gasteiger partial charge is 0.428 e. The third-order valence-corrected chi connectivity index (χ3v) is 6.80. The van der Waals surface area contributed by atoms with Crippen molar-refractivity contribution in [1.82, 2.24) is 0 Å². The van der Waals surface area contributed by atoms with Gasteiger partial charge in [-0.2, -0.15) is 8.78 Å². The molecule has 0 radical (unpaired) electrons. The molecule has 4 fully saturated rings. The van der Waals surface area contributed by atoms with Crippen LogP contribution < -0.4 is 4.74 Å². The molecule has 4 aliphatic rings. The van der Waals surface area contributed by atoms with Gasteiger partial charge in [-0.15, -0.1) is 0 Å². The lowest BCUT2D eigenvalue weighted by Crippen LogP contribution is -2.61. The number of carbonyl (C=O) groups is 1. The maximum Gasteiger partial charge on any atom is 0.428 e. The Balaban J connectivity index is 1.52. The van der Waals surface area contributed by atoms with Crippen molar-refractivity contribution in [2.24, 2.45) is 17.8 Å². The molecule has 0 aromatic heterocycles. The Morgan fingerprint density at radius 1 is 1.11 bits per heavy atom. The van der Waals surface area contributed by atoms with E-state index in [4.69, 9.17) is 9.47 Å². The molecular formula is C18H19F2O6S-. The lowest BCUT2D eigenvalue weighted by atomic mass is 9.53. The van der Waals surface area contributed by atoms with Crippen LogP contribution in [-0.2, 0) is 19.6 Å². The van der Waals surface area contributed by atoms with Crippen LogP contribution in [0.15, 0.2) is 30.3 Å². The van der Waals surface area contributed by atoms with Crippen LogP contribution in [0.2, 0.25) is 0 Å². The number of hydrogen-bond acceptors (Lipinski definition) is 6. The Hall–Kier alpha value is -1.74. The van der Waals surface area contributed by atoms with E-state index in [2.05, 4.69) is 0 Å². The first-order valence-electron chi connectivity index (χ1n) is 8.88. The number of benzene rings is 1. The molecule has 0 spiro atoms. The van der Waals surface area contributed by atoms with Gasteiger partial charge < -0.3 is 14.0 Å². The van der Waals surface area contributed by atoms with E-state index in [1.165, 1.54) is 0 Å². The summed E-state index contributed by atoms with van der Waals surface area (Å²) in [4.78, 5) is 11.8. The molecule has 4 bridgehead atoms. The Labute approximate surface area is 155 Å². The minimum Gasteiger partial charge on any atom is -0.743 e. The predicted octanol–water partition coefficient (Wildman–Crippen LogP) is 2.69. The highest BCUT2D eigenvalue weighted by Gasteiger charge is 2.60. The lowest BCUT2D eigenvalue weighted by molar-refractivity contribution is -0.214. The Bertz CT molecular complexity index is 825. The first kappa shape index (κ1) is 18.6. The molecule has 4 saturated carbocycles. The van der Waals surface area contributed by atoms with Gasteiger partial charge in [0.2, 0.25) is 0 Å². The second-order valence-electron chi connectivity index (χ2n) is 7.91. The van der Waals surface area contributed by atoms with E-state index in [0.29, 0.717) is 19.3 Å². The van der Waals surface area contributed by atoms with Gasteiger partial charge >= 0.3 is 11.2 Å². The van der Waals surface area contributed by atoms with Crippen molar-refractivity contribution in [2.45, 2.75) is 49.1 Å². The molecule has 5 rings (SSSR count). The SMILES string of the molecule is O=C(OC12CC3CC(C1)C(Oc1ccccc1)C(C3)C2)C(F)(F)S(=O)(=O)[O-]. The molecule has 6 nitrogen and oxygen atoms in total. The van der Waals surface area contributed by atoms with Gasteiger partial charge in [-0.05, 0) is 50.2 Å². The Morgan fingerprint density at radius 3 is 2.26 bits per heavy atom. The fraction of sp³-hybridized carbons (Fsp3) is 0.611. The molecule has 2 atom stereocenters. The van der Waals surface area contributed by atoms with Crippen LogP contribution in [0.3, 0.4) is 0 Å². The van der Waals surface area contributed by atoms with Crippen molar-refractivity contribution < 1.29 is 36.0 Å². The van der Waals surface area contributed by atoms with Crippen molar-refractivity contribution in [3.63, 3.8) is 0 Å². The normalized spacial score (nSPS) is 35.1. The number of ether oxygens (including phenoxy) is 2. The number of halogens is 2. The largest absolute Gasteiger partial charge is 0.743 e. The van der Waals surface area contributed by atoms with Crippen molar-refractivity contribution >= 4 is 16.1 Å². The van der Waals surface area contributed by atoms with Gasteiger partial charge in [0, 0.05) is 11.8 Å². The Morgan fingerprint density at radius 2 is 1.70 bits per heavy atom. The highest BCUT2D eigenvalue weighted by molar-refractivity contribution is 7.87. The van der Waals surface area contributed by atoms with Crippen LogP contribution in [0.5, 0.6) is 5.75 Å². The molecule has 4 aliphatic carbocycles. The summed E-state index contributed by atoms with van der Waals surface area (Å²) in [5.74, 6) is -1.27. The fourth-order valence-electron chi connectivity index (χ4n) is 5.23. The minimum absolute atomic E-state index is 0.0294. The second kappa shape index (κ2) is 6.13. The summed E-state index contributed by atoms with van der Waals surface area (Å²) in [7, 11) is -6.12. The number of alkyl halides is 2. The van der Waals surface area contributed by atoms with Crippen LogP contribution in [0.25, 0.3) is 0 Å². The summed E-state index contributed by atoms with van der Waals surface area (Å²) in [5.41, 5.74) is -1.14. The third kappa shape index (κ3) is 3.20. The molecule has 9 heteroatoms. The van der Waals surface area contributed by atoms with Crippen LogP contribution in [0.1, 0.15) is 32.1 Å². The Kier molecular flexibility index (Phi) is 4.23.